The molecule has 3 heterocycles. The number of hydrogen-bond donors (Lipinski definition) is 0. The van der Waals surface area contributed by atoms with Crippen molar-refractivity contribution in [3.8, 4) is 50.2 Å². The van der Waals surface area contributed by atoms with Crippen molar-refractivity contribution in [1.82, 2.24) is 14.5 Å². The van der Waals surface area contributed by atoms with Crippen molar-refractivity contribution >= 4 is 53.7 Å². The molecule has 0 aliphatic carbocycles. The summed E-state index contributed by atoms with van der Waals surface area (Å²) >= 11 is 7.41. The van der Waals surface area contributed by atoms with E-state index in [-0.39, 0.29) is 0 Å². The quantitative estimate of drug-likeness (QED) is 0.178. The predicted octanol–water partition coefficient (Wildman–Crippen LogP) is 11.8. The lowest BCUT2D eigenvalue weighted by atomic mass is 9.98. The van der Waals surface area contributed by atoms with Crippen molar-refractivity contribution in [2.24, 2.45) is 0 Å². The van der Waals surface area contributed by atoms with Crippen LogP contribution in [0.3, 0.4) is 0 Å². The normalized spacial score (nSPS) is 11.3. The summed E-state index contributed by atoms with van der Waals surface area (Å²) in [6.45, 7) is 0. The van der Waals surface area contributed by atoms with E-state index in [1.807, 2.05) is 24.5 Å². The molecule has 0 amide bonds. The first-order valence-corrected chi connectivity index (χ1v) is 16.3. The zero-order chi connectivity index (χ0) is 30.3. The topological polar surface area (TPSA) is 30.7 Å². The predicted molar refractivity (Wildman–Crippen MR) is 194 cm³/mol. The summed E-state index contributed by atoms with van der Waals surface area (Å²) in [6, 6.07) is 45.6. The highest BCUT2D eigenvalue weighted by molar-refractivity contribution is 9.11. The fourth-order valence-electron chi connectivity index (χ4n) is 6.11. The van der Waals surface area contributed by atoms with Crippen LogP contribution in [0.5, 0.6) is 0 Å². The highest BCUT2D eigenvalue weighted by atomic mass is 79.9. The number of nitrogens with zero attached hydrogens (tertiary/aromatic N) is 3. The Bertz CT molecular complexity index is 2150. The van der Waals surface area contributed by atoms with E-state index < -0.39 is 0 Å². The van der Waals surface area contributed by atoms with Crippen LogP contribution in [0.15, 0.2) is 161 Å². The Hall–Kier alpha value is -4.84. The Labute approximate surface area is 278 Å². The molecule has 0 aliphatic rings. The number of aromatic nitrogens is 3. The monoisotopic (exact) mass is 705 g/mol. The minimum absolute atomic E-state index is 1.03. The molecule has 0 saturated carbocycles. The molecule has 45 heavy (non-hydrogen) atoms. The van der Waals surface area contributed by atoms with E-state index in [0.717, 1.165) is 47.9 Å². The highest BCUT2D eigenvalue weighted by Gasteiger charge is 2.16. The van der Waals surface area contributed by atoms with Crippen LogP contribution in [-0.4, -0.2) is 14.5 Å². The lowest BCUT2D eigenvalue weighted by molar-refractivity contribution is 1.17. The molecule has 3 nitrogen and oxygen atoms in total. The molecule has 0 N–H and O–H groups in total. The Morgan fingerprint density at radius 3 is 1.20 bits per heavy atom. The average Bonchev–Trinajstić information content (AvgIpc) is 3.42. The number of hydrogen-bond acceptors (Lipinski definition) is 2. The number of rotatable bonds is 5. The number of fused-ring (bicyclic) bond motifs is 3. The van der Waals surface area contributed by atoms with Gasteiger partial charge in [-0.1, -0.05) is 105 Å². The Kier molecular flexibility index (Phi) is 7.13. The smallest absolute Gasteiger partial charge is 0.0541 e. The molecular formula is C40H25Br2N3. The standard InChI is InChI=1S/C40H25Br2N3/c41-34-21-35(42)23-36(22-34)45-39-15-13-30(26-5-9-28(10-6-26)32-3-1-17-43-24-32)19-37(39)38-20-31(14-16-40(38)45)27-7-11-29(12-8-27)33-4-2-18-44-25-33/h1-25H. The molecule has 3 aromatic heterocycles. The van der Waals surface area contributed by atoms with Gasteiger partial charge in [-0.15, -0.1) is 0 Å². The van der Waals surface area contributed by atoms with Gasteiger partial charge in [0, 0.05) is 50.2 Å². The molecule has 0 aliphatic heterocycles. The SMILES string of the molecule is Brc1cc(Br)cc(-n2c3ccc(-c4ccc(-c5cccnc5)cc4)cc3c3cc(-c4ccc(-c5cccnc5)cc4)ccc32)c1. The van der Waals surface area contributed by atoms with Crippen molar-refractivity contribution in [2.45, 2.75) is 0 Å². The second kappa shape index (κ2) is 11.6. The summed E-state index contributed by atoms with van der Waals surface area (Å²) in [4.78, 5) is 8.56. The molecule has 0 atom stereocenters. The van der Waals surface area contributed by atoms with Gasteiger partial charge in [-0.25, -0.2) is 0 Å². The molecular weight excluding hydrogens is 682 g/mol. The summed E-state index contributed by atoms with van der Waals surface area (Å²) in [5.41, 5.74) is 12.7. The molecule has 5 aromatic carbocycles. The van der Waals surface area contributed by atoms with Crippen LogP contribution in [0, 0.1) is 0 Å². The van der Waals surface area contributed by atoms with Gasteiger partial charge in [0.2, 0.25) is 0 Å². The number of pyridine rings is 2. The third kappa shape index (κ3) is 5.28. The van der Waals surface area contributed by atoms with Gasteiger partial charge >= 0.3 is 0 Å². The fraction of sp³-hybridized carbons (Fsp3) is 0. The zero-order valence-electron chi connectivity index (χ0n) is 24.0. The van der Waals surface area contributed by atoms with E-state index in [9.17, 15) is 0 Å². The second-order valence-corrected chi connectivity index (χ2v) is 12.9. The maximum Gasteiger partial charge on any atom is 0.0541 e. The summed E-state index contributed by atoms with van der Waals surface area (Å²) in [5.74, 6) is 0. The molecule has 0 radical (unpaired) electrons. The fourth-order valence-corrected chi connectivity index (χ4v) is 7.38. The Balaban J connectivity index is 1.27. The van der Waals surface area contributed by atoms with E-state index in [0.29, 0.717) is 0 Å². The first-order chi connectivity index (χ1) is 22.1. The number of benzene rings is 5. The third-order valence-electron chi connectivity index (χ3n) is 8.30. The van der Waals surface area contributed by atoms with Crippen LogP contribution in [0.2, 0.25) is 0 Å². The molecule has 0 spiro atoms. The molecule has 0 fully saturated rings. The van der Waals surface area contributed by atoms with Crippen molar-refractivity contribution in [3.05, 3.63) is 161 Å². The van der Waals surface area contributed by atoms with Gasteiger partial charge in [0.1, 0.15) is 0 Å². The molecule has 8 aromatic rings. The van der Waals surface area contributed by atoms with Crippen molar-refractivity contribution in [2.75, 3.05) is 0 Å². The highest BCUT2D eigenvalue weighted by Crippen LogP contribution is 2.38. The van der Waals surface area contributed by atoms with Gasteiger partial charge in [-0.05, 0) is 99.1 Å². The van der Waals surface area contributed by atoms with E-state index in [2.05, 4.69) is 162 Å². The third-order valence-corrected chi connectivity index (χ3v) is 9.21. The van der Waals surface area contributed by atoms with Gasteiger partial charge in [-0.3, -0.25) is 9.97 Å². The summed E-state index contributed by atoms with van der Waals surface area (Å²) in [7, 11) is 0. The van der Waals surface area contributed by atoms with Crippen molar-refractivity contribution in [1.29, 1.82) is 0 Å². The van der Waals surface area contributed by atoms with Crippen LogP contribution in [0.1, 0.15) is 0 Å². The molecule has 214 valence electrons. The van der Waals surface area contributed by atoms with E-state index >= 15 is 0 Å². The summed E-state index contributed by atoms with van der Waals surface area (Å²) < 4.78 is 4.40. The summed E-state index contributed by atoms with van der Waals surface area (Å²) in [5, 5.41) is 2.42. The molecule has 0 saturated heterocycles. The Morgan fingerprint density at radius 1 is 0.400 bits per heavy atom. The lowest BCUT2D eigenvalue weighted by Crippen LogP contribution is -1.94. The van der Waals surface area contributed by atoms with Crippen LogP contribution in [-0.2, 0) is 0 Å². The van der Waals surface area contributed by atoms with Gasteiger partial charge < -0.3 is 4.57 Å². The summed E-state index contributed by atoms with van der Waals surface area (Å²) in [6.07, 6.45) is 7.42. The van der Waals surface area contributed by atoms with E-state index in [4.69, 9.17) is 0 Å². The van der Waals surface area contributed by atoms with Gasteiger partial charge in [0.05, 0.1) is 11.0 Å². The minimum Gasteiger partial charge on any atom is -0.309 e. The minimum atomic E-state index is 1.03. The van der Waals surface area contributed by atoms with E-state index in [1.165, 1.54) is 33.0 Å². The second-order valence-electron chi connectivity index (χ2n) is 11.1. The number of halogens is 2. The van der Waals surface area contributed by atoms with Crippen molar-refractivity contribution < 1.29 is 0 Å². The average molecular weight is 707 g/mol. The molecule has 5 heteroatoms. The maximum absolute atomic E-state index is 4.28. The van der Waals surface area contributed by atoms with Crippen LogP contribution >= 0.6 is 31.9 Å². The van der Waals surface area contributed by atoms with Crippen LogP contribution in [0.25, 0.3) is 72.0 Å². The van der Waals surface area contributed by atoms with Gasteiger partial charge in [0.25, 0.3) is 0 Å². The molecule has 0 bridgehead atoms. The zero-order valence-corrected chi connectivity index (χ0v) is 27.2. The molecule has 8 rings (SSSR count). The van der Waals surface area contributed by atoms with Crippen molar-refractivity contribution in [3.63, 3.8) is 0 Å². The maximum atomic E-state index is 4.28. The van der Waals surface area contributed by atoms with Gasteiger partial charge in [-0.2, -0.15) is 0 Å². The Morgan fingerprint density at radius 2 is 0.800 bits per heavy atom. The first kappa shape index (κ1) is 27.7. The molecule has 0 unspecified atom stereocenters. The first-order valence-electron chi connectivity index (χ1n) is 14.7. The van der Waals surface area contributed by atoms with Gasteiger partial charge in [0.15, 0.2) is 0 Å². The van der Waals surface area contributed by atoms with E-state index in [1.54, 1.807) is 12.4 Å². The largest absolute Gasteiger partial charge is 0.309 e. The lowest BCUT2D eigenvalue weighted by Gasteiger charge is -2.10. The van der Waals surface area contributed by atoms with Crippen LogP contribution < -0.4 is 0 Å². The van der Waals surface area contributed by atoms with Crippen LogP contribution in [0.4, 0.5) is 0 Å².